The lowest BCUT2D eigenvalue weighted by Gasteiger charge is -2.38. The summed E-state index contributed by atoms with van der Waals surface area (Å²) >= 11 is 0. The lowest BCUT2D eigenvalue weighted by Crippen LogP contribution is -2.60. The second-order valence-electron chi connectivity index (χ2n) is 15.2. The third-order valence-corrected chi connectivity index (χ3v) is 10.8. The van der Waals surface area contributed by atoms with Crippen LogP contribution < -0.4 is 10.6 Å². The fraction of sp³-hybridized carbons (Fsp3) is 0.641. The van der Waals surface area contributed by atoms with Crippen LogP contribution in [0.4, 0.5) is 8.78 Å². The summed E-state index contributed by atoms with van der Waals surface area (Å²) in [5.74, 6) is -6.54. The average molecular weight is 771 g/mol. The number of hydrogen-bond acceptors (Lipinski definition) is 8. The molecule has 3 fully saturated rings. The number of rotatable bonds is 10. The molecule has 0 bridgehead atoms. The number of aliphatic imine (C=N–C) groups is 1. The van der Waals surface area contributed by atoms with Gasteiger partial charge in [-0.25, -0.2) is 18.6 Å². The minimum atomic E-state index is -1.55. The first kappa shape index (κ1) is 41.4. The zero-order valence-corrected chi connectivity index (χ0v) is 31.8. The Labute approximate surface area is 319 Å². The number of ether oxygens (including phenoxy) is 1. The van der Waals surface area contributed by atoms with Gasteiger partial charge in [0.15, 0.2) is 0 Å². The van der Waals surface area contributed by atoms with E-state index >= 15 is 0 Å². The number of hydrogen-bond donors (Lipinski definition) is 2. The van der Waals surface area contributed by atoms with E-state index in [1.807, 2.05) is 13.8 Å². The first-order valence-corrected chi connectivity index (χ1v) is 19.5. The molecule has 2 N–H and O–H groups in total. The predicted octanol–water partition coefficient (Wildman–Crippen LogP) is 2.60. The van der Waals surface area contributed by atoms with E-state index in [4.69, 9.17) is 4.74 Å². The van der Waals surface area contributed by atoms with Gasteiger partial charge in [0.05, 0.1) is 0 Å². The number of cyclic esters (lactones) is 1. The number of esters is 1. The molecule has 0 spiro atoms. The normalized spacial score (nSPS) is 25.8. The van der Waals surface area contributed by atoms with E-state index < -0.39 is 89.9 Å². The maximum absolute atomic E-state index is 14.4. The molecule has 0 unspecified atom stereocenters. The number of benzene rings is 1. The quantitative estimate of drug-likeness (QED) is 0.270. The molecule has 16 heteroatoms. The minimum absolute atomic E-state index is 0.0782. The first-order valence-electron chi connectivity index (χ1n) is 19.5. The molecule has 4 heterocycles. The highest BCUT2D eigenvalue weighted by Gasteiger charge is 2.45. The molecule has 55 heavy (non-hydrogen) atoms. The molecule has 0 aromatic heterocycles. The third-order valence-electron chi connectivity index (χ3n) is 10.8. The van der Waals surface area contributed by atoms with Crippen LogP contribution >= 0.6 is 0 Å². The SMILES string of the molecule is CCCCCCC(=O)N[C@@H](Cc1cc(F)cc(F)c1)C(=O)N[C@H]1COC(=O)[C@@H]2C[C@@H](C)CN2C(=O)C(C)=NC(=O)[C@@H]2CCCCN2C(=O)[C@@H]2CCCN2C1=O. The number of nitrogens with one attached hydrogen (secondary N) is 2. The molecule has 4 aliphatic rings. The molecule has 5 rings (SSSR count). The maximum atomic E-state index is 14.4. The summed E-state index contributed by atoms with van der Waals surface area (Å²) in [6.07, 6.45) is 5.53. The number of unbranched alkanes of at least 4 members (excludes halogenated alkanes) is 3. The van der Waals surface area contributed by atoms with Crippen molar-refractivity contribution in [2.75, 3.05) is 26.2 Å². The number of carbonyl (C=O) groups excluding carboxylic acids is 7. The summed E-state index contributed by atoms with van der Waals surface area (Å²) in [7, 11) is 0. The van der Waals surface area contributed by atoms with E-state index in [0.29, 0.717) is 38.2 Å². The zero-order chi connectivity index (χ0) is 39.8. The number of carbonyl (C=O) groups is 7. The molecule has 0 saturated carbocycles. The van der Waals surface area contributed by atoms with Crippen LogP contribution in [0.25, 0.3) is 0 Å². The molecule has 4 aliphatic heterocycles. The number of amides is 6. The highest BCUT2D eigenvalue weighted by atomic mass is 19.1. The van der Waals surface area contributed by atoms with Gasteiger partial charge in [0.25, 0.3) is 11.8 Å². The van der Waals surface area contributed by atoms with Crippen LogP contribution in [0, 0.1) is 17.6 Å². The largest absolute Gasteiger partial charge is 0.461 e. The van der Waals surface area contributed by atoms with Crippen molar-refractivity contribution in [1.29, 1.82) is 0 Å². The Balaban J connectivity index is 1.47. The van der Waals surface area contributed by atoms with Crippen LogP contribution in [0.5, 0.6) is 0 Å². The second kappa shape index (κ2) is 18.7. The number of nitrogens with zero attached hydrogens (tertiary/aromatic N) is 4. The van der Waals surface area contributed by atoms with Crippen LogP contribution in [-0.2, 0) is 44.7 Å². The second-order valence-corrected chi connectivity index (χ2v) is 15.2. The van der Waals surface area contributed by atoms with Gasteiger partial charge in [0.1, 0.15) is 54.2 Å². The van der Waals surface area contributed by atoms with Gasteiger partial charge in [-0.3, -0.25) is 28.8 Å². The van der Waals surface area contributed by atoms with Crippen molar-refractivity contribution in [3.8, 4) is 0 Å². The summed E-state index contributed by atoms with van der Waals surface area (Å²) in [4.78, 5) is 105. The van der Waals surface area contributed by atoms with Crippen LogP contribution in [-0.4, -0.2) is 118 Å². The van der Waals surface area contributed by atoms with Crippen molar-refractivity contribution in [2.45, 2.75) is 128 Å². The average Bonchev–Trinajstić information content (AvgIpc) is 3.80. The Morgan fingerprint density at radius 3 is 2.31 bits per heavy atom. The standard InChI is InChI=1S/C39H52F2N6O8/c1-4-5-6-7-13-33(48)43-28(19-25-17-26(40)20-27(41)18-25)34(49)44-29-22-55-39(54)32-16-23(2)21-47(32)36(51)24(3)42-35(50)30-11-8-9-14-45(30)38(53)31-12-10-15-46(31)37(29)52/h17-18,20,23,28-32H,4-16,19,21-22H2,1-3H3,(H,43,48)(H,44,49)/t23-,28+,29+,30+,31+,32+/m1/s1. The molecular weight excluding hydrogens is 718 g/mol. The smallest absolute Gasteiger partial charge is 0.328 e. The Bertz CT molecular complexity index is 1670. The Morgan fingerprint density at radius 2 is 1.58 bits per heavy atom. The van der Waals surface area contributed by atoms with Crippen molar-refractivity contribution >= 4 is 47.1 Å². The van der Waals surface area contributed by atoms with E-state index in [-0.39, 0.29) is 62.5 Å². The maximum Gasteiger partial charge on any atom is 0.328 e. The van der Waals surface area contributed by atoms with Crippen LogP contribution in [0.15, 0.2) is 23.2 Å². The Morgan fingerprint density at radius 1 is 0.891 bits per heavy atom. The summed E-state index contributed by atoms with van der Waals surface area (Å²) in [5.41, 5.74) is -0.0455. The van der Waals surface area contributed by atoms with Crippen LogP contribution in [0.1, 0.15) is 97.0 Å². The van der Waals surface area contributed by atoms with E-state index in [1.54, 1.807) is 0 Å². The molecule has 6 amide bonds. The number of halogens is 2. The predicted molar refractivity (Wildman–Crippen MR) is 195 cm³/mol. The van der Waals surface area contributed by atoms with Crippen LogP contribution in [0.2, 0.25) is 0 Å². The van der Waals surface area contributed by atoms with Gasteiger partial charge in [0.2, 0.25) is 23.6 Å². The van der Waals surface area contributed by atoms with Crippen molar-refractivity contribution in [2.24, 2.45) is 10.9 Å². The number of piperidine rings is 1. The van der Waals surface area contributed by atoms with Crippen molar-refractivity contribution < 1.29 is 47.1 Å². The lowest BCUT2D eigenvalue weighted by molar-refractivity contribution is -0.156. The van der Waals surface area contributed by atoms with Gasteiger partial charge >= 0.3 is 5.97 Å². The van der Waals surface area contributed by atoms with Gasteiger partial charge in [-0.15, -0.1) is 0 Å². The molecule has 0 aliphatic carbocycles. The highest BCUT2D eigenvalue weighted by molar-refractivity contribution is 6.39. The number of fused-ring (bicyclic) bond motifs is 3. The fourth-order valence-electron chi connectivity index (χ4n) is 7.98. The summed E-state index contributed by atoms with van der Waals surface area (Å²) in [6.45, 7) is 5.17. The van der Waals surface area contributed by atoms with Gasteiger partial charge in [-0.05, 0) is 75.5 Å². The zero-order valence-electron chi connectivity index (χ0n) is 31.8. The molecule has 300 valence electrons. The van der Waals surface area contributed by atoms with Crippen LogP contribution in [0.3, 0.4) is 0 Å². The van der Waals surface area contributed by atoms with E-state index in [2.05, 4.69) is 15.6 Å². The highest BCUT2D eigenvalue weighted by Crippen LogP contribution is 2.28. The van der Waals surface area contributed by atoms with E-state index in [9.17, 15) is 42.3 Å². The summed E-state index contributed by atoms with van der Waals surface area (Å²) in [5, 5.41) is 5.26. The molecular formula is C39H52F2N6O8. The minimum Gasteiger partial charge on any atom is -0.461 e. The van der Waals surface area contributed by atoms with Crippen molar-refractivity contribution in [1.82, 2.24) is 25.3 Å². The van der Waals surface area contributed by atoms with Crippen molar-refractivity contribution in [3.05, 3.63) is 35.4 Å². The van der Waals surface area contributed by atoms with Gasteiger partial charge in [0, 0.05) is 38.5 Å². The van der Waals surface area contributed by atoms with E-state index in [0.717, 1.165) is 31.4 Å². The Hall–Kier alpha value is -4.76. The molecule has 1 aromatic carbocycles. The topological polar surface area (TPSA) is 175 Å². The first-order chi connectivity index (χ1) is 26.3. The lowest BCUT2D eigenvalue weighted by atomic mass is 9.99. The molecule has 0 radical (unpaired) electrons. The fourth-order valence-corrected chi connectivity index (χ4v) is 7.98. The van der Waals surface area contributed by atoms with Crippen molar-refractivity contribution in [3.63, 3.8) is 0 Å². The van der Waals surface area contributed by atoms with E-state index in [1.165, 1.54) is 21.6 Å². The molecule has 1 aromatic rings. The molecule has 6 atom stereocenters. The monoisotopic (exact) mass is 770 g/mol. The summed E-state index contributed by atoms with van der Waals surface area (Å²) < 4.78 is 34.1. The Kier molecular flexibility index (Phi) is 14.1. The summed E-state index contributed by atoms with van der Waals surface area (Å²) in [6, 6.07) is -3.16. The van der Waals surface area contributed by atoms with Gasteiger partial charge < -0.3 is 30.1 Å². The molecule has 14 nitrogen and oxygen atoms in total. The third kappa shape index (κ3) is 10.3. The van der Waals surface area contributed by atoms with Gasteiger partial charge in [-0.2, -0.15) is 0 Å². The molecule has 3 saturated heterocycles. The van der Waals surface area contributed by atoms with Gasteiger partial charge in [-0.1, -0.05) is 33.1 Å².